The molecule has 2 atom stereocenters. The maximum atomic E-state index is 12.5. The van der Waals surface area contributed by atoms with Crippen molar-refractivity contribution in [1.82, 2.24) is 5.32 Å². The molecule has 0 aromatic rings. The first kappa shape index (κ1) is 78.3. The second-order valence-corrected chi connectivity index (χ2v) is 25.3. The molecule has 0 rings (SSSR count). The average Bonchev–Trinajstić information content (AvgIpc) is 3.46. The van der Waals surface area contributed by atoms with Crippen molar-refractivity contribution in [3.05, 3.63) is 24.3 Å². The van der Waals surface area contributed by atoms with Crippen molar-refractivity contribution in [1.29, 1.82) is 0 Å². The molecular formula is C74H143NO5. The number of carbonyl (C=O) groups excluding carboxylic acids is 2. The summed E-state index contributed by atoms with van der Waals surface area (Å²) in [5.74, 6) is -0.0482. The molecule has 6 nitrogen and oxygen atoms in total. The van der Waals surface area contributed by atoms with Gasteiger partial charge in [-0.2, -0.15) is 0 Å². The van der Waals surface area contributed by atoms with Gasteiger partial charge in [-0.25, -0.2) is 0 Å². The number of aliphatic hydroxyl groups excluding tert-OH is 2. The van der Waals surface area contributed by atoms with E-state index < -0.39 is 12.1 Å². The molecule has 0 aliphatic rings. The maximum absolute atomic E-state index is 12.5. The Morgan fingerprint density at radius 3 is 0.887 bits per heavy atom. The Kier molecular flexibility index (Phi) is 68.4. The number of carbonyl (C=O) groups is 2. The van der Waals surface area contributed by atoms with E-state index in [0.717, 1.165) is 44.9 Å². The fourth-order valence-electron chi connectivity index (χ4n) is 11.6. The number of hydrogen-bond acceptors (Lipinski definition) is 5. The first-order valence-electron chi connectivity index (χ1n) is 36.6. The molecule has 0 spiro atoms. The zero-order valence-electron chi connectivity index (χ0n) is 54.3. The van der Waals surface area contributed by atoms with Crippen molar-refractivity contribution >= 4 is 11.9 Å². The molecule has 0 aliphatic heterocycles. The molecule has 0 aromatic heterocycles. The van der Waals surface area contributed by atoms with E-state index in [0.29, 0.717) is 19.4 Å². The third kappa shape index (κ3) is 65.5. The van der Waals surface area contributed by atoms with Gasteiger partial charge in [0.2, 0.25) is 5.91 Å². The van der Waals surface area contributed by atoms with Gasteiger partial charge in [0, 0.05) is 12.8 Å². The predicted molar refractivity (Wildman–Crippen MR) is 352 cm³/mol. The lowest BCUT2D eigenvalue weighted by atomic mass is 10.0. The molecule has 80 heavy (non-hydrogen) atoms. The van der Waals surface area contributed by atoms with E-state index in [-0.39, 0.29) is 18.5 Å². The third-order valence-electron chi connectivity index (χ3n) is 17.2. The minimum absolute atomic E-state index is 0.0119. The zero-order chi connectivity index (χ0) is 57.8. The first-order chi connectivity index (χ1) is 39.5. The summed E-state index contributed by atoms with van der Waals surface area (Å²) in [4.78, 5) is 24.6. The van der Waals surface area contributed by atoms with Gasteiger partial charge in [0.25, 0.3) is 0 Å². The van der Waals surface area contributed by atoms with Crippen LogP contribution >= 0.6 is 0 Å². The summed E-state index contributed by atoms with van der Waals surface area (Å²) in [6.07, 6.45) is 88.4. The van der Waals surface area contributed by atoms with E-state index in [4.69, 9.17) is 4.74 Å². The molecule has 6 heteroatoms. The van der Waals surface area contributed by atoms with E-state index in [2.05, 4.69) is 31.3 Å². The van der Waals surface area contributed by atoms with Crippen LogP contribution in [0.15, 0.2) is 24.3 Å². The third-order valence-corrected chi connectivity index (χ3v) is 17.2. The molecule has 0 aliphatic carbocycles. The van der Waals surface area contributed by atoms with Crippen LogP contribution in [0.4, 0.5) is 0 Å². The summed E-state index contributed by atoms with van der Waals surface area (Å²) in [7, 11) is 0. The first-order valence-corrected chi connectivity index (χ1v) is 36.6. The summed E-state index contributed by atoms with van der Waals surface area (Å²) in [5, 5.41) is 23.2. The quantitative estimate of drug-likeness (QED) is 0.0320. The Bertz CT molecular complexity index is 1250. The smallest absolute Gasteiger partial charge is 0.305 e. The highest BCUT2D eigenvalue weighted by Crippen LogP contribution is 2.19. The van der Waals surface area contributed by atoms with Gasteiger partial charge < -0.3 is 20.3 Å². The molecular weight excluding hydrogens is 983 g/mol. The van der Waals surface area contributed by atoms with Gasteiger partial charge in [0.1, 0.15) is 0 Å². The SMILES string of the molecule is CCCCCCC/C=C\CCCCCCCC(=O)OCCCCCCCCCCCCCCCCCCCCCCCCCCCCCCCCC(=O)NC(CO)C(O)/C=C/CCCCCCCCCCCCCCCCCCC. The minimum Gasteiger partial charge on any atom is -0.466 e. The van der Waals surface area contributed by atoms with E-state index in [1.54, 1.807) is 6.08 Å². The van der Waals surface area contributed by atoms with Crippen molar-refractivity contribution in [2.24, 2.45) is 0 Å². The summed E-state index contributed by atoms with van der Waals surface area (Å²) in [6, 6.07) is -0.625. The van der Waals surface area contributed by atoms with Crippen LogP contribution in [0.1, 0.15) is 412 Å². The average molecular weight is 1130 g/mol. The Balaban J connectivity index is 3.35. The minimum atomic E-state index is -0.842. The van der Waals surface area contributed by atoms with Crippen LogP contribution in [-0.4, -0.2) is 47.4 Å². The number of aliphatic hydroxyl groups is 2. The molecule has 0 bridgehead atoms. The van der Waals surface area contributed by atoms with Crippen molar-refractivity contribution in [3.63, 3.8) is 0 Å². The van der Waals surface area contributed by atoms with E-state index in [1.165, 1.54) is 340 Å². The number of hydrogen-bond donors (Lipinski definition) is 3. The number of unbranched alkanes of at least 4 members (excludes halogenated alkanes) is 56. The van der Waals surface area contributed by atoms with Crippen LogP contribution in [0.3, 0.4) is 0 Å². The van der Waals surface area contributed by atoms with E-state index >= 15 is 0 Å². The molecule has 0 radical (unpaired) electrons. The molecule has 0 fully saturated rings. The number of ether oxygens (including phenoxy) is 1. The van der Waals surface area contributed by atoms with Gasteiger partial charge >= 0.3 is 5.97 Å². The van der Waals surface area contributed by atoms with Gasteiger partial charge in [-0.15, -0.1) is 0 Å². The molecule has 1 amide bonds. The lowest BCUT2D eigenvalue weighted by molar-refractivity contribution is -0.143. The van der Waals surface area contributed by atoms with E-state index in [9.17, 15) is 19.8 Å². The fourth-order valence-corrected chi connectivity index (χ4v) is 11.6. The highest BCUT2D eigenvalue weighted by Gasteiger charge is 2.18. The van der Waals surface area contributed by atoms with Crippen LogP contribution in [0.25, 0.3) is 0 Å². The number of nitrogens with one attached hydrogen (secondary N) is 1. The molecule has 0 saturated carbocycles. The summed E-state index contributed by atoms with van der Waals surface area (Å²) in [6.45, 7) is 4.93. The summed E-state index contributed by atoms with van der Waals surface area (Å²) >= 11 is 0. The van der Waals surface area contributed by atoms with Crippen molar-refractivity contribution < 1.29 is 24.5 Å². The second-order valence-electron chi connectivity index (χ2n) is 25.3. The highest BCUT2D eigenvalue weighted by molar-refractivity contribution is 5.76. The summed E-state index contributed by atoms with van der Waals surface area (Å²) in [5.41, 5.74) is 0. The van der Waals surface area contributed by atoms with Crippen LogP contribution in [0, 0.1) is 0 Å². The highest BCUT2D eigenvalue weighted by atomic mass is 16.5. The van der Waals surface area contributed by atoms with Crippen molar-refractivity contribution in [3.8, 4) is 0 Å². The van der Waals surface area contributed by atoms with Crippen LogP contribution in [0.5, 0.6) is 0 Å². The largest absolute Gasteiger partial charge is 0.466 e. The van der Waals surface area contributed by atoms with Crippen LogP contribution < -0.4 is 5.32 Å². The maximum Gasteiger partial charge on any atom is 0.305 e. The Morgan fingerprint density at radius 1 is 0.338 bits per heavy atom. The standard InChI is InChI=1S/C74H143NO5/c1-3-5-7-9-11-13-15-17-19-20-33-36-39-42-46-50-54-58-62-66-72(77)71(70-76)75-73(78)67-63-59-55-51-47-43-40-37-34-31-29-27-25-23-21-22-24-26-28-30-32-35-38-41-45-49-53-57-61-65-69-80-74(79)68-64-60-56-52-48-44-18-16-14-12-10-8-6-4-2/h16,18,62,66,71-72,76-77H,3-15,17,19-61,63-65,67-70H2,1-2H3,(H,75,78)/b18-16-,66-62+. The lowest BCUT2D eigenvalue weighted by Gasteiger charge is -2.20. The Labute approximate surface area is 501 Å². The summed E-state index contributed by atoms with van der Waals surface area (Å²) < 4.78 is 5.49. The monoisotopic (exact) mass is 1130 g/mol. The van der Waals surface area contributed by atoms with Gasteiger partial charge in [-0.05, 0) is 57.8 Å². The van der Waals surface area contributed by atoms with Crippen LogP contribution in [-0.2, 0) is 14.3 Å². The number of rotatable bonds is 69. The molecule has 0 saturated heterocycles. The Morgan fingerprint density at radius 2 is 0.588 bits per heavy atom. The van der Waals surface area contributed by atoms with Crippen molar-refractivity contribution in [2.75, 3.05) is 13.2 Å². The molecule has 2 unspecified atom stereocenters. The topological polar surface area (TPSA) is 95.9 Å². The predicted octanol–water partition coefficient (Wildman–Crippen LogP) is 23.7. The number of esters is 1. The van der Waals surface area contributed by atoms with Crippen molar-refractivity contribution in [2.45, 2.75) is 424 Å². The zero-order valence-corrected chi connectivity index (χ0v) is 54.3. The Hall–Kier alpha value is -1.66. The van der Waals surface area contributed by atoms with E-state index in [1.807, 2.05) is 6.08 Å². The lowest BCUT2D eigenvalue weighted by Crippen LogP contribution is -2.45. The van der Waals surface area contributed by atoms with Gasteiger partial charge in [0.05, 0.1) is 25.4 Å². The van der Waals surface area contributed by atoms with Gasteiger partial charge in [-0.1, -0.05) is 366 Å². The normalized spacial score (nSPS) is 12.6. The molecule has 0 aromatic carbocycles. The molecule has 3 N–H and O–H groups in total. The van der Waals surface area contributed by atoms with Gasteiger partial charge in [-0.3, -0.25) is 9.59 Å². The number of allylic oxidation sites excluding steroid dienone is 3. The number of amides is 1. The van der Waals surface area contributed by atoms with Gasteiger partial charge in [0.15, 0.2) is 0 Å². The molecule has 474 valence electrons. The second kappa shape index (κ2) is 69.8. The fraction of sp³-hybridized carbons (Fsp3) is 0.919. The van der Waals surface area contributed by atoms with Crippen LogP contribution in [0.2, 0.25) is 0 Å². The molecule has 0 heterocycles.